The summed E-state index contributed by atoms with van der Waals surface area (Å²) in [5.74, 6) is 1.41. The number of aryl methyl sites for hydroxylation is 1. The van der Waals surface area contributed by atoms with Gasteiger partial charge < -0.3 is 9.73 Å². The highest BCUT2D eigenvalue weighted by Gasteiger charge is 2.22. The van der Waals surface area contributed by atoms with Crippen molar-refractivity contribution in [3.8, 4) is 0 Å². The molecule has 0 aliphatic carbocycles. The summed E-state index contributed by atoms with van der Waals surface area (Å²) >= 11 is 0. The van der Waals surface area contributed by atoms with Crippen molar-refractivity contribution in [2.75, 3.05) is 13.1 Å². The van der Waals surface area contributed by atoms with Crippen LogP contribution < -0.4 is 5.32 Å². The van der Waals surface area contributed by atoms with Crippen molar-refractivity contribution in [3.63, 3.8) is 0 Å². The number of aromatic nitrogens is 1. The van der Waals surface area contributed by atoms with E-state index in [4.69, 9.17) is 4.42 Å². The van der Waals surface area contributed by atoms with Crippen LogP contribution in [-0.2, 0) is 0 Å². The minimum absolute atomic E-state index is 0.522. The number of hydrogen-bond acceptors (Lipinski definition) is 3. The maximum absolute atomic E-state index is 5.22. The van der Waals surface area contributed by atoms with Gasteiger partial charge in [-0.2, -0.15) is 0 Å². The molecule has 0 aromatic carbocycles. The molecule has 0 radical (unpaired) electrons. The molecule has 1 N–H and O–H groups in total. The summed E-state index contributed by atoms with van der Waals surface area (Å²) in [4.78, 5) is 4.23. The van der Waals surface area contributed by atoms with Gasteiger partial charge in [0.1, 0.15) is 6.26 Å². The van der Waals surface area contributed by atoms with Crippen molar-refractivity contribution in [1.29, 1.82) is 0 Å². The fourth-order valence-electron chi connectivity index (χ4n) is 1.02. The highest BCUT2D eigenvalue weighted by molar-refractivity contribution is 5.03. The molecule has 0 saturated carbocycles. The average Bonchev–Trinajstić information content (AvgIpc) is 2.10. The van der Waals surface area contributed by atoms with Crippen LogP contribution in [0.4, 0.5) is 0 Å². The molecule has 1 saturated heterocycles. The Morgan fingerprint density at radius 2 is 2.50 bits per heavy atom. The molecule has 2 rings (SSSR count). The molecule has 0 bridgehead atoms. The molecule has 1 aliphatic heterocycles. The van der Waals surface area contributed by atoms with Crippen LogP contribution >= 0.6 is 0 Å². The van der Waals surface area contributed by atoms with Crippen molar-refractivity contribution >= 4 is 0 Å². The van der Waals surface area contributed by atoms with Crippen LogP contribution in [0.2, 0.25) is 0 Å². The van der Waals surface area contributed by atoms with E-state index in [9.17, 15) is 0 Å². The van der Waals surface area contributed by atoms with Gasteiger partial charge in [0.2, 0.25) is 0 Å². The van der Waals surface area contributed by atoms with Gasteiger partial charge in [0.25, 0.3) is 0 Å². The Morgan fingerprint density at radius 1 is 1.70 bits per heavy atom. The van der Waals surface area contributed by atoms with Crippen molar-refractivity contribution in [2.24, 2.45) is 0 Å². The topological polar surface area (TPSA) is 38.1 Å². The molecule has 0 unspecified atom stereocenters. The van der Waals surface area contributed by atoms with E-state index in [2.05, 4.69) is 10.3 Å². The molecule has 0 atom stereocenters. The predicted octanol–water partition coefficient (Wildman–Crippen LogP) is 0.670. The van der Waals surface area contributed by atoms with Gasteiger partial charge in [0, 0.05) is 13.1 Å². The first-order valence-corrected chi connectivity index (χ1v) is 3.49. The second kappa shape index (κ2) is 2.09. The quantitative estimate of drug-likeness (QED) is 0.619. The van der Waals surface area contributed by atoms with Crippen LogP contribution in [0.25, 0.3) is 0 Å². The minimum atomic E-state index is 0.522. The van der Waals surface area contributed by atoms with Gasteiger partial charge in [-0.05, 0) is 6.92 Å². The Bertz CT molecular complexity index is 227. The lowest BCUT2D eigenvalue weighted by atomic mass is 10.0. The second-order valence-corrected chi connectivity index (χ2v) is 2.68. The number of nitrogens with zero attached hydrogens (tertiary/aromatic N) is 1. The highest BCUT2D eigenvalue weighted by Crippen LogP contribution is 2.17. The summed E-state index contributed by atoms with van der Waals surface area (Å²) in [6.45, 7) is 3.97. The van der Waals surface area contributed by atoms with E-state index in [0.29, 0.717) is 5.92 Å². The van der Waals surface area contributed by atoms with Crippen molar-refractivity contribution < 1.29 is 4.42 Å². The van der Waals surface area contributed by atoms with Crippen molar-refractivity contribution in [2.45, 2.75) is 12.8 Å². The van der Waals surface area contributed by atoms with Gasteiger partial charge in [0.15, 0.2) is 5.89 Å². The first-order chi connectivity index (χ1) is 4.86. The standard InChI is InChI=1S/C7H10N2O/c1-5-4-10-7(9-5)6-2-8-3-6/h4,6,8H,2-3H2,1H3. The molecular formula is C7H10N2O. The van der Waals surface area contributed by atoms with E-state index in [1.807, 2.05) is 6.92 Å². The Balaban J connectivity index is 2.17. The Kier molecular flexibility index (Phi) is 1.24. The molecule has 1 aromatic heterocycles. The zero-order valence-electron chi connectivity index (χ0n) is 5.92. The lowest BCUT2D eigenvalue weighted by molar-refractivity contribution is 0.357. The third kappa shape index (κ3) is 0.827. The molecule has 2 heterocycles. The van der Waals surface area contributed by atoms with E-state index >= 15 is 0 Å². The summed E-state index contributed by atoms with van der Waals surface area (Å²) in [6.07, 6.45) is 1.70. The number of nitrogens with one attached hydrogen (secondary N) is 1. The first kappa shape index (κ1) is 5.92. The molecule has 3 nitrogen and oxygen atoms in total. The minimum Gasteiger partial charge on any atom is -0.448 e. The summed E-state index contributed by atoms with van der Waals surface area (Å²) in [5, 5.41) is 3.17. The summed E-state index contributed by atoms with van der Waals surface area (Å²) in [6, 6.07) is 0. The van der Waals surface area contributed by atoms with Crippen LogP contribution in [0.5, 0.6) is 0 Å². The zero-order chi connectivity index (χ0) is 6.97. The number of oxazole rings is 1. The lowest BCUT2D eigenvalue weighted by Gasteiger charge is -2.23. The Morgan fingerprint density at radius 3 is 2.90 bits per heavy atom. The Hall–Kier alpha value is -0.830. The summed E-state index contributed by atoms with van der Waals surface area (Å²) < 4.78 is 5.22. The summed E-state index contributed by atoms with van der Waals surface area (Å²) in [5.41, 5.74) is 0.974. The maximum Gasteiger partial charge on any atom is 0.199 e. The largest absolute Gasteiger partial charge is 0.448 e. The van der Waals surface area contributed by atoms with Crippen molar-refractivity contribution in [1.82, 2.24) is 10.3 Å². The molecule has 0 spiro atoms. The van der Waals surface area contributed by atoms with E-state index in [1.54, 1.807) is 6.26 Å². The zero-order valence-corrected chi connectivity index (χ0v) is 5.92. The number of rotatable bonds is 1. The smallest absolute Gasteiger partial charge is 0.199 e. The van der Waals surface area contributed by atoms with Gasteiger partial charge in [-0.3, -0.25) is 0 Å². The molecule has 3 heteroatoms. The second-order valence-electron chi connectivity index (χ2n) is 2.68. The fraction of sp³-hybridized carbons (Fsp3) is 0.571. The van der Waals surface area contributed by atoms with Gasteiger partial charge in [-0.25, -0.2) is 4.98 Å². The predicted molar refractivity (Wildman–Crippen MR) is 36.9 cm³/mol. The monoisotopic (exact) mass is 138 g/mol. The van der Waals surface area contributed by atoms with Crippen LogP contribution in [0, 0.1) is 6.92 Å². The molecule has 1 fully saturated rings. The van der Waals surface area contributed by atoms with Crippen LogP contribution in [-0.4, -0.2) is 18.1 Å². The van der Waals surface area contributed by atoms with E-state index in [1.165, 1.54) is 0 Å². The van der Waals surface area contributed by atoms with Gasteiger partial charge in [-0.15, -0.1) is 0 Å². The van der Waals surface area contributed by atoms with Crippen LogP contribution in [0.3, 0.4) is 0 Å². The molecular weight excluding hydrogens is 128 g/mol. The molecule has 54 valence electrons. The van der Waals surface area contributed by atoms with E-state index in [0.717, 1.165) is 24.7 Å². The van der Waals surface area contributed by atoms with Gasteiger partial charge in [0.05, 0.1) is 11.6 Å². The molecule has 1 aromatic rings. The SMILES string of the molecule is Cc1coc(C2CNC2)n1. The summed E-state index contributed by atoms with van der Waals surface area (Å²) in [7, 11) is 0. The average molecular weight is 138 g/mol. The first-order valence-electron chi connectivity index (χ1n) is 3.49. The maximum atomic E-state index is 5.22. The number of hydrogen-bond donors (Lipinski definition) is 1. The van der Waals surface area contributed by atoms with Crippen LogP contribution in [0.1, 0.15) is 17.5 Å². The Labute approximate surface area is 59.4 Å². The molecule has 10 heavy (non-hydrogen) atoms. The molecule has 0 amide bonds. The highest BCUT2D eigenvalue weighted by atomic mass is 16.3. The van der Waals surface area contributed by atoms with Crippen LogP contribution in [0.15, 0.2) is 10.7 Å². The fourth-order valence-corrected chi connectivity index (χ4v) is 1.02. The van der Waals surface area contributed by atoms with E-state index in [-0.39, 0.29) is 0 Å². The van der Waals surface area contributed by atoms with Gasteiger partial charge >= 0.3 is 0 Å². The third-order valence-corrected chi connectivity index (χ3v) is 1.77. The molecule has 1 aliphatic rings. The third-order valence-electron chi connectivity index (χ3n) is 1.77. The van der Waals surface area contributed by atoms with Crippen molar-refractivity contribution in [3.05, 3.63) is 17.8 Å². The lowest BCUT2D eigenvalue weighted by Crippen LogP contribution is -2.40. The van der Waals surface area contributed by atoms with E-state index < -0.39 is 0 Å². The van der Waals surface area contributed by atoms with Gasteiger partial charge in [-0.1, -0.05) is 0 Å². The normalized spacial score (nSPS) is 18.9.